The summed E-state index contributed by atoms with van der Waals surface area (Å²) in [7, 11) is 0. The van der Waals surface area contributed by atoms with Gasteiger partial charge in [-0.05, 0) is 44.9 Å². The first-order valence-corrected chi connectivity index (χ1v) is 6.88. The van der Waals surface area contributed by atoms with Crippen LogP contribution in [0.2, 0.25) is 0 Å². The quantitative estimate of drug-likeness (QED) is 0.675. The SMILES string of the molecule is CC1(C)OC(O)(C(F)(F)F)C(F)(F)C2(O)C3CCC(C3)C12. The summed E-state index contributed by atoms with van der Waals surface area (Å²) in [5, 5.41) is 20.2. The summed E-state index contributed by atoms with van der Waals surface area (Å²) in [5.41, 5.74) is -4.61. The summed E-state index contributed by atoms with van der Waals surface area (Å²) in [6.07, 6.45) is -4.67. The third-order valence-corrected chi connectivity index (χ3v) is 5.51. The molecule has 0 aromatic heterocycles. The molecule has 21 heavy (non-hydrogen) atoms. The van der Waals surface area contributed by atoms with Crippen LogP contribution in [0.15, 0.2) is 0 Å². The maximum Gasteiger partial charge on any atom is 0.449 e. The number of aliphatic hydroxyl groups is 2. The minimum Gasteiger partial charge on any atom is -0.383 e. The lowest BCUT2D eigenvalue weighted by atomic mass is 9.61. The molecule has 2 aliphatic carbocycles. The first-order valence-electron chi connectivity index (χ1n) is 6.88. The van der Waals surface area contributed by atoms with Crippen molar-refractivity contribution >= 4 is 0 Å². The zero-order valence-corrected chi connectivity index (χ0v) is 11.5. The largest absolute Gasteiger partial charge is 0.449 e. The number of rotatable bonds is 0. The van der Waals surface area contributed by atoms with Crippen LogP contribution >= 0.6 is 0 Å². The number of hydrogen-bond acceptors (Lipinski definition) is 3. The molecular weight excluding hydrogens is 299 g/mol. The molecule has 3 fully saturated rings. The third kappa shape index (κ3) is 1.49. The zero-order valence-electron chi connectivity index (χ0n) is 11.5. The molecule has 0 spiro atoms. The van der Waals surface area contributed by atoms with Crippen LogP contribution in [0.1, 0.15) is 33.1 Å². The van der Waals surface area contributed by atoms with E-state index in [1.54, 1.807) is 0 Å². The summed E-state index contributed by atoms with van der Waals surface area (Å²) in [6.45, 7) is 2.44. The highest BCUT2D eigenvalue weighted by molar-refractivity contribution is 5.24. The van der Waals surface area contributed by atoms with Gasteiger partial charge in [-0.1, -0.05) is 0 Å². The number of halogens is 5. The molecule has 2 bridgehead atoms. The van der Waals surface area contributed by atoms with Crippen molar-refractivity contribution in [1.29, 1.82) is 0 Å². The van der Waals surface area contributed by atoms with Gasteiger partial charge in [-0.3, -0.25) is 0 Å². The van der Waals surface area contributed by atoms with Gasteiger partial charge in [-0.2, -0.15) is 22.0 Å². The van der Waals surface area contributed by atoms with Gasteiger partial charge in [0, 0.05) is 5.92 Å². The Morgan fingerprint density at radius 2 is 1.67 bits per heavy atom. The van der Waals surface area contributed by atoms with E-state index >= 15 is 0 Å². The van der Waals surface area contributed by atoms with Crippen LogP contribution in [-0.4, -0.2) is 39.3 Å². The number of fused-ring (bicyclic) bond motifs is 5. The molecule has 5 atom stereocenters. The van der Waals surface area contributed by atoms with Crippen LogP contribution in [0, 0.1) is 17.8 Å². The van der Waals surface area contributed by atoms with Crippen molar-refractivity contribution in [2.45, 2.75) is 62.2 Å². The third-order valence-electron chi connectivity index (χ3n) is 5.51. The van der Waals surface area contributed by atoms with Crippen LogP contribution in [0.25, 0.3) is 0 Å². The average molecular weight is 316 g/mol. The highest BCUT2D eigenvalue weighted by Gasteiger charge is 2.87. The van der Waals surface area contributed by atoms with Gasteiger partial charge in [-0.15, -0.1) is 0 Å². The predicted molar refractivity (Wildman–Crippen MR) is 60.4 cm³/mol. The summed E-state index contributed by atoms with van der Waals surface area (Å²) in [5.74, 6) is -11.9. The number of ether oxygens (including phenoxy) is 1. The number of hydrogen-bond donors (Lipinski definition) is 2. The molecule has 1 heterocycles. The van der Waals surface area contributed by atoms with Crippen molar-refractivity contribution in [1.82, 2.24) is 0 Å². The van der Waals surface area contributed by atoms with Gasteiger partial charge in [0.05, 0.1) is 5.60 Å². The fourth-order valence-electron chi connectivity index (χ4n) is 4.90. The molecule has 3 aliphatic rings. The van der Waals surface area contributed by atoms with E-state index in [0.29, 0.717) is 6.42 Å². The van der Waals surface area contributed by atoms with Crippen LogP contribution in [-0.2, 0) is 4.74 Å². The Labute approximate surface area is 118 Å². The molecule has 3 nitrogen and oxygen atoms in total. The normalized spacial score (nSPS) is 51.0. The Morgan fingerprint density at radius 1 is 1.10 bits per heavy atom. The van der Waals surface area contributed by atoms with Gasteiger partial charge >= 0.3 is 17.9 Å². The molecule has 0 radical (unpaired) electrons. The summed E-state index contributed by atoms with van der Waals surface area (Å²) < 4.78 is 72.8. The van der Waals surface area contributed by atoms with Gasteiger partial charge < -0.3 is 14.9 Å². The molecule has 2 saturated carbocycles. The molecule has 1 aliphatic heterocycles. The van der Waals surface area contributed by atoms with E-state index in [4.69, 9.17) is 0 Å². The zero-order chi connectivity index (χ0) is 16.1. The molecule has 0 amide bonds. The van der Waals surface area contributed by atoms with E-state index in [1.165, 1.54) is 13.8 Å². The molecule has 122 valence electrons. The standard InChI is InChI=1S/C13H17F5O3/c1-9(2)8-6-3-4-7(5-6)10(8,19)11(14,15)12(20,21-9)13(16,17)18/h6-8,19-20H,3-5H2,1-2H3. The molecule has 0 aromatic carbocycles. The Balaban J connectivity index is 2.20. The second-order valence-corrected chi connectivity index (χ2v) is 6.99. The topological polar surface area (TPSA) is 49.7 Å². The van der Waals surface area contributed by atoms with E-state index < -0.39 is 40.9 Å². The Kier molecular flexibility index (Phi) is 2.72. The van der Waals surface area contributed by atoms with Crippen molar-refractivity contribution in [3.63, 3.8) is 0 Å². The Morgan fingerprint density at radius 3 is 2.19 bits per heavy atom. The summed E-state index contributed by atoms with van der Waals surface area (Å²) >= 11 is 0. The maximum atomic E-state index is 14.5. The van der Waals surface area contributed by atoms with E-state index in [-0.39, 0.29) is 18.8 Å². The Hall–Kier alpha value is -0.470. The van der Waals surface area contributed by atoms with Crippen LogP contribution < -0.4 is 0 Å². The van der Waals surface area contributed by atoms with Crippen LogP contribution in [0.5, 0.6) is 0 Å². The first-order chi connectivity index (χ1) is 9.29. The lowest BCUT2D eigenvalue weighted by molar-refractivity contribution is -0.510. The minimum atomic E-state index is -5.71. The molecule has 5 unspecified atom stereocenters. The van der Waals surface area contributed by atoms with Crippen LogP contribution in [0.3, 0.4) is 0 Å². The molecule has 2 N–H and O–H groups in total. The summed E-state index contributed by atoms with van der Waals surface area (Å²) in [6, 6.07) is 0. The molecule has 0 aromatic rings. The van der Waals surface area contributed by atoms with E-state index in [2.05, 4.69) is 4.74 Å². The molecule has 3 rings (SSSR count). The minimum absolute atomic E-state index is 0.233. The lowest BCUT2D eigenvalue weighted by Gasteiger charge is -2.60. The molecule has 8 heteroatoms. The maximum absolute atomic E-state index is 14.5. The van der Waals surface area contributed by atoms with E-state index in [0.717, 1.165) is 0 Å². The van der Waals surface area contributed by atoms with Gasteiger partial charge in [0.1, 0.15) is 5.60 Å². The predicted octanol–water partition coefficient (Wildman–Crippen LogP) is 2.46. The van der Waals surface area contributed by atoms with Crippen molar-refractivity contribution in [3.8, 4) is 0 Å². The highest BCUT2D eigenvalue weighted by atomic mass is 19.4. The number of alkyl halides is 5. The summed E-state index contributed by atoms with van der Waals surface area (Å²) in [4.78, 5) is 0. The van der Waals surface area contributed by atoms with E-state index in [1.807, 2.05) is 0 Å². The highest BCUT2D eigenvalue weighted by Crippen LogP contribution is 2.69. The second kappa shape index (κ2) is 3.71. The van der Waals surface area contributed by atoms with Gasteiger partial charge in [0.2, 0.25) is 0 Å². The van der Waals surface area contributed by atoms with Crippen molar-refractivity contribution in [2.75, 3.05) is 0 Å². The fraction of sp³-hybridized carbons (Fsp3) is 1.00. The second-order valence-electron chi connectivity index (χ2n) is 6.99. The van der Waals surface area contributed by atoms with Crippen LogP contribution in [0.4, 0.5) is 22.0 Å². The van der Waals surface area contributed by atoms with Gasteiger partial charge in [0.25, 0.3) is 0 Å². The monoisotopic (exact) mass is 316 g/mol. The van der Waals surface area contributed by atoms with Crippen molar-refractivity contribution < 1.29 is 36.9 Å². The Bertz CT molecular complexity index is 477. The van der Waals surface area contributed by atoms with Crippen molar-refractivity contribution in [3.05, 3.63) is 0 Å². The first kappa shape index (κ1) is 15.4. The van der Waals surface area contributed by atoms with E-state index in [9.17, 15) is 32.2 Å². The van der Waals surface area contributed by atoms with Crippen molar-refractivity contribution in [2.24, 2.45) is 17.8 Å². The van der Waals surface area contributed by atoms with Gasteiger partial charge in [0.15, 0.2) is 0 Å². The lowest BCUT2D eigenvalue weighted by Crippen LogP contribution is -2.80. The average Bonchev–Trinajstić information content (AvgIpc) is 2.84. The smallest absolute Gasteiger partial charge is 0.383 e. The van der Waals surface area contributed by atoms with Gasteiger partial charge in [-0.25, -0.2) is 0 Å². The molecular formula is C13H17F5O3. The fourth-order valence-corrected chi connectivity index (χ4v) is 4.90. The molecule has 1 saturated heterocycles.